The lowest BCUT2D eigenvalue weighted by Gasteiger charge is -2.09. The van der Waals surface area contributed by atoms with Crippen LogP contribution in [-0.2, 0) is 0 Å². The van der Waals surface area contributed by atoms with Gasteiger partial charge in [0.05, 0.1) is 0 Å². The lowest BCUT2D eigenvalue weighted by molar-refractivity contribution is 0.505. The molecule has 0 saturated heterocycles. The fourth-order valence-corrected chi connectivity index (χ4v) is 1.01. The summed E-state index contributed by atoms with van der Waals surface area (Å²) in [6.07, 6.45) is 2.36. The topological polar surface area (TPSA) is 50.4 Å². The Morgan fingerprint density at radius 3 is 2.33 bits per heavy atom. The van der Waals surface area contributed by atoms with Crippen molar-refractivity contribution in [1.29, 1.82) is 0 Å². The van der Waals surface area contributed by atoms with Gasteiger partial charge >= 0.3 is 0 Å². The molecule has 72 valence electrons. The molecule has 0 rings (SSSR count). The highest BCUT2D eigenvalue weighted by atomic mass is 15.1. The van der Waals surface area contributed by atoms with Crippen molar-refractivity contribution in [2.24, 2.45) is 16.6 Å². The first kappa shape index (κ1) is 11.3. The number of nitrogens with two attached hydrogens (primary N) is 1. The largest absolute Gasteiger partial charge is 0.370 e. The van der Waals surface area contributed by atoms with Gasteiger partial charge in [-0.3, -0.25) is 4.99 Å². The first-order chi connectivity index (χ1) is 5.74. The second-order valence-corrected chi connectivity index (χ2v) is 2.94. The smallest absolute Gasteiger partial charge is 0.188 e. The number of nitrogens with one attached hydrogen (secondary N) is 1. The van der Waals surface area contributed by atoms with Crippen LogP contribution in [0.15, 0.2) is 4.99 Å². The van der Waals surface area contributed by atoms with Crippen LogP contribution < -0.4 is 11.1 Å². The number of aliphatic imine (C=N–C) groups is 1. The molecule has 0 bridgehead atoms. The van der Waals surface area contributed by atoms with Gasteiger partial charge in [-0.2, -0.15) is 0 Å². The Balaban J connectivity index is 3.68. The summed E-state index contributed by atoms with van der Waals surface area (Å²) in [7, 11) is 0. The van der Waals surface area contributed by atoms with E-state index in [9.17, 15) is 0 Å². The summed E-state index contributed by atoms with van der Waals surface area (Å²) < 4.78 is 0. The van der Waals surface area contributed by atoms with E-state index in [1.807, 2.05) is 6.92 Å². The summed E-state index contributed by atoms with van der Waals surface area (Å²) in [5.74, 6) is 1.26. The predicted molar refractivity (Wildman–Crippen MR) is 54.2 cm³/mol. The van der Waals surface area contributed by atoms with Crippen molar-refractivity contribution in [1.82, 2.24) is 5.32 Å². The number of guanidine groups is 1. The average molecular weight is 171 g/mol. The minimum absolute atomic E-state index is 0.574. The number of hydrogen-bond acceptors (Lipinski definition) is 1. The Morgan fingerprint density at radius 1 is 1.33 bits per heavy atom. The lowest BCUT2D eigenvalue weighted by Crippen LogP contribution is -2.31. The molecule has 0 saturated carbocycles. The van der Waals surface area contributed by atoms with Crippen molar-refractivity contribution in [3.8, 4) is 0 Å². The van der Waals surface area contributed by atoms with Crippen molar-refractivity contribution in [3.63, 3.8) is 0 Å². The summed E-state index contributed by atoms with van der Waals surface area (Å²) in [6, 6.07) is 0. The predicted octanol–water partition coefficient (Wildman–Crippen LogP) is 1.35. The number of rotatable bonds is 5. The van der Waals surface area contributed by atoms with Gasteiger partial charge in [-0.25, -0.2) is 0 Å². The van der Waals surface area contributed by atoms with Crippen LogP contribution in [-0.4, -0.2) is 19.0 Å². The third kappa shape index (κ3) is 4.99. The summed E-state index contributed by atoms with van der Waals surface area (Å²) in [5.41, 5.74) is 5.58. The van der Waals surface area contributed by atoms with Gasteiger partial charge in [-0.05, 0) is 12.8 Å². The van der Waals surface area contributed by atoms with Crippen LogP contribution in [0, 0.1) is 5.92 Å². The second-order valence-electron chi connectivity index (χ2n) is 2.94. The molecule has 0 unspecified atom stereocenters. The van der Waals surface area contributed by atoms with E-state index in [4.69, 9.17) is 5.73 Å². The van der Waals surface area contributed by atoms with Crippen LogP contribution in [0.25, 0.3) is 0 Å². The molecule has 0 spiro atoms. The molecular formula is C9H21N3. The normalized spacial score (nSPS) is 12.2. The molecule has 0 aromatic carbocycles. The third-order valence-corrected chi connectivity index (χ3v) is 2.03. The third-order valence-electron chi connectivity index (χ3n) is 2.03. The number of hydrogen-bond donors (Lipinski definition) is 2. The summed E-state index contributed by atoms with van der Waals surface area (Å²) >= 11 is 0. The molecule has 0 radical (unpaired) electrons. The maximum absolute atomic E-state index is 5.58. The SMILES string of the molecule is CCNC(N)=NCC(CC)CC. The van der Waals surface area contributed by atoms with E-state index < -0.39 is 0 Å². The quantitative estimate of drug-likeness (QED) is 0.484. The molecule has 0 heterocycles. The molecule has 0 aliphatic carbocycles. The molecule has 0 amide bonds. The molecule has 0 atom stereocenters. The highest BCUT2D eigenvalue weighted by Gasteiger charge is 2.01. The zero-order chi connectivity index (χ0) is 9.40. The van der Waals surface area contributed by atoms with Gasteiger partial charge in [0.25, 0.3) is 0 Å². The van der Waals surface area contributed by atoms with Crippen molar-refractivity contribution >= 4 is 5.96 Å². The van der Waals surface area contributed by atoms with Gasteiger partial charge in [0, 0.05) is 13.1 Å². The molecular weight excluding hydrogens is 150 g/mol. The van der Waals surface area contributed by atoms with Gasteiger partial charge in [0.2, 0.25) is 0 Å². The van der Waals surface area contributed by atoms with Crippen LogP contribution in [0.1, 0.15) is 33.6 Å². The van der Waals surface area contributed by atoms with E-state index in [1.165, 1.54) is 12.8 Å². The molecule has 0 aromatic rings. The monoisotopic (exact) mass is 171 g/mol. The molecule has 0 aromatic heterocycles. The van der Waals surface area contributed by atoms with Gasteiger partial charge in [-0.15, -0.1) is 0 Å². The molecule has 0 aliphatic heterocycles. The van der Waals surface area contributed by atoms with Crippen LogP contribution >= 0.6 is 0 Å². The minimum Gasteiger partial charge on any atom is -0.370 e. The van der Waals surface area contributed by atoms with Crippen LogP contribution in [0.5, 0.6) is 0 Å². The molecule has 3 heteroatoms. The van der Waals surface area contributed by atoms with E-state index in [2.05, 4.69) is 24.2 Å². The van der Waals surface area contributed by atoms with Crippen molar-refractivity contribution in [2.45, 2.75) is 33.6 Å². The van der Waals surface area contributed by atoms with Gasteiger partial charge in [0.15, 0.2) is 5.96 Å². The van der Waals surface area contributed by atoms with E-state index in [0.717, 1.165) is 13.1 Å². The summed E-state index contributed by atoms with van der Waals surface area (Å²) in [6.45, 7) is 8.09. The maximum Gasteiger partial charge on any atom is 0.188 e. The van der Waals surface area contributed by atoms with Gasteiger partial charge in [0.1, 0.15) is 0 Å². The van der Waals surface area contributed by atoms with E-state index in [1.54, 1.807) is 0 Å². The fraction of sp³-hybridized carbons (Fsp3) is 0.889. The van der Waals surface area contributed by atoms with Crippen LogP contribution in [0.2, 0.25) is 0 Å². The van der Waals surface area contributed by atoms with Gasteiger partial charge < -0.3 is 11.1 Å². The average Bonchev–Trinajstić information content (AvgIpc) is 2.07. The zero-order valence-electron chi connectivity index (χ0n) is 8.43. The molecule has 0 aliphatic rings. The van der Waals surface area contributed by atoms with Crippen molar-refractivity contribution in [2.75, 3.05) is 13.1 Å². The van der Waals surface area contributed by atoms with E-state index >= 15 is 0 Å². The second kappa shape index (κ2) is 6.95. The Hall–Kier alpha value is -0.730. The van der Waals surface area contributed by atoms with Crippen molar-refractivity contribution in [3.05, 3.63) is 0 Å². The highest BCUT2D eigenvalue weighted by molar-refractivity contribution is 5.77. The molecule has 3 nitrogen and oxygen atoms in total. The molecule has 0 fully saturated rings. The Morgan fingerprint density at radius 2 is 1.92 bits per heavy atom. The van der Waals surface area contributed by atoms with Crippen LogP contribution in [0.4, 0.5) is 0 Å². The van der Waals surface area contributed by atoms with E-state index in [0.29, 0.717) is 11.9 Å². The van der Waals surface area contributed by atoms with Gasteiger partial charge in [-0.1, -0.05) is 26.7 Å². The maximum atomic E-state index is 5.58. The standard InChI is InChI=1S/C9H21N3/c1-4-8(5-2)7-12-9(10)11-6-3/h8H,4-7H2,1-3H3,(H3,10,11,12). The lowest BCUT2D eigenvalue weighted by atomic mass is 10.0. The Kier molecular flexibility index (Phi) is 6.53. The zero-order valence-corrected chi connectivity index (χ0v) is 8.43. The van der Waals surface area contributed by atoms with Crippen molar-refractivity contribution < 1.29 is 0 Å². The Labute approximate surface area is 75.4 Å². The van der Waals surface area contributed by atoms with E-state index in [-0.39, 0.29) is 0 Å². The number of nitrogens with zero attached hydrogens (tertiary/aromatic N) is 1. The minimum atomic E-state index is 0.574. The molecule has 3 N–H and O–H groups in total. The first-order valence-electron chi connectivity index (χ1n) is 4.78. The Bertz CT molecular complexity index is 128. The highest BCUT2D eigenvalue weighted by Crippen LogP contribution is 2.06. The molecule has 12 heavy (non-hydrogen) atoms. The van der Waals surface area contributed by atoms with Crippen LogP contribution in [0.3, 0.4) is 0 Å². The fourth-order valence-electron chi connectivity index (χ4n) is 1.01. The first-order valence-corrected chi connectivity index (χ1v) is 4.78. The summed E-state index contributed by atoms with van der Waals surface area (Å²) in [5, 5.41) is 2.98. The summed E-state index contributed by atoms with van der Waals surface area (Å²) in [4.78, 5) is 4.24.